The summed E-state index contributed by atoms with van der Waals surface area (Å²) >= 11 is 0. The number of Topliss-reactive ketones (excluding diaryl/α,β-unsaturated/α-hetero) is 1. The third-order valence-electron chi connectivity index (χ3n) is 6.65. The molecule has 0 saturated heterocycles. The van der Waals surface area contributed by atoms with E-state index < -0.39 is 23.5 Å². The number of hydrogen-bond acceptors (Lipinski definition) is 3. The number of carbonyl (C=O) groups is 2. The highest BCUT2D eigenvalue weighted by atomic mass is 19.1. The Hall–Kier alpha value is -4.06. The SMILES string of the molecule is CC1=C(C(=O)Nc2ccc(F)cc2)[C@@H](c2ccc(F)cc2)C2=C(C[C@H](c3ccccc3)CC2=O)N1. The molecule has 176 valence electrons. The van der Waals surface area contributed by atoms with Gasteiger partial charge in [-0.25, -0.2) is 8.78 Å². The summed E-state index contributed by atoms with van der Waals surface area (Å²) in [4.78, 5) is 27.0. The standard InChI is InChI=1S/C29H24F2N2O2/c1-17-26(29(35)33-23-13-11-22(31)12-14-23)27(19-7-9-21(30)10-8-19)28-24(32-17)15-20(16-25(28)34)18-5-3-2-4-6-18/h2-14,20,27,32H,15-16H2,1H3,(H,33,35)/t20-,27+/m0/s1. The second-order valence-electron chi connectivity index (χ2n) is 8.94. The monoisotopic (exact) mass is 470 g/mol. The normalized spacial score (nSPS) is 19.8. The third-order valence-corrected chi connectivity index (χ3v) is 6.65. The van der Waals surface area contributed by atoms with Gasteiger partial charge in [0, 0.05) is 40.6 Å². The van der Waals surface area contributed by atoms with Crippen molar-refractivity contribution in [2.75, 3.05) is 5.32 Å². The zero-order valence-electron chi connectivity index (χ0n) is 19.1. The first kappa shape index (κ1) is 22.7. The summed E-state index contributed by atoms with van der Waals surface area (Å²) in [5.41, 5.74) is 4.53. The van der Waals surface area contributed by atoms with Crippen molar-refractivity contribution in [1.29, 1.82) is 0 Å². The maximum Gasteiger partial charge on any atom is 0.254 e. The lowest BCUT2D eigenvalue weighted by atomic mass is 9.71. The maximum atomic E-state index is 13.7. The Morgan fingerprint density at radius 1 is 0.857 bits per heavy atom. The van der Waals surface area contributed by atoms with Crippen molar-refractivity contribution in [2.24, 2.45) is 0 Å². The zero-order chi connectivity index (χ0) is 24.5. The number of benzene rings is 3. The van der Waals surface area contributed by atoms with E-state index in [2.05, 4.69) is 10.6 Å². The topological polar surface area (TPSA) is 58.2 Å². The number of rotatable bonds is 4. The molecule has 3 aromatic rings. The largest absolute Gasteiger partial charge is 0.362 e. The number of hydrogen-bond donors (Lipinski definition) is 2. The fourth-order valence-electron chi connectivity index (χ4n) is 5.02. The van der Waals surface area contributed by atoms with Crippen LogP contribution in [0, 0.1) is 11.6 Å². The number of dihydropyridines is 1. The zero-order valence-corrected chi connectivity index (χ0v) is 19.1. The van der Waals surface area contributed by atoms with Crippen molar-refractivity contribution in [3.05, 3.63) is 124 Å². The van der Waals surface area contributed by atoms with E-state index in [-0.39, 0.29) is 11.7 Å². The average Bonchev–Trinajstić information content (AvgIpc) is 2.85. The summed E-state index contributed by atoms with van der Waals surface area (Å²) in [6.45, 7) is 1.80. The van der Waals surface area contributed by atoms with Crippen LogP contribution in [0.25, 0.3) is 0 Å². The molecule has 1 amide bonds. The van der Waals surface area contributed by atoms with Crippen LogP contribution >= 0.6 is 0 Å². The number of nitrogens with one attached hydrogen (secondary N) is 2. The highest BCUT2D eigenvalue weighted by Gasteiger charge is 2.40. The van der Waals surface area contributed by atoms with Crippen molar-refractivity contribution in [3.8, 4) is 0 Å². The number of allylic oxidation sites excluding steroid dienone is 3. The van der Waals surface area contributed by atoms with E-state index in [0.717, 1.165) is 11.3 Å². The Morgan fingerprint density at radius 3 is 2.14 bits per heavy atom. The molecule has 2 aliphatic rings. The van der Waals surface area contributed by atoms with E-state index in [9.17, 15) is 18.4 Å². The molecule has 2 atom stereocenters. The molecular weight excluding hydrogens is 446 g/mol. The van der Waals surface area contributed by atoms with Crippen LogP contribution in [-0.4, -0.2) is 11.7 Å². The minimum absolute atomic E-state index is 0.0335. The summed E-state index contributed by atoms with van der Waals surface area (Å²) in [7, 11) is 0. The maximum absolute atomic E-state index is 13.7. The van der Waals surface area contributed by atoms with Gasteiger partial charge < -0.3 is 10.6 Å². The first-order valence-electron chi connectivity index (χ1n) is 11.5. The van der Waals surface area contributed by atoms with Gasteiger partial charge in [-0.2, -0.15) is 0 Å². The minimum atomic E-state index is -0.642. The lowest BCUT2D eigenvalue weighted by molar-refractivity contribution is -0.116. The molecular formula is C29H24F2N2O2. The molecule has 1 heterocycles. The smallest absolute Gasteiger partial charge is 0.254 e. The van der Waals surface area contributed by atoms with Crippen LogP contribution < -0.4 is 10.6 Å². The Kier molecular flexibility index (Phi) is 6.03. The molecule has 0 bridgehead atoms. The van der Waals surface area contributed by atoms with Crippen LogP contribution in [0.2, 0.25) is 0 Å². The van der Waals surface area contributed by atoms with E-state index >= 15 is 0 Å². The van der Waals surface area contributed by atoms with Gasteiger partial charge in [-0.1, -0.05) is 42.5 Å². The predicted octanol–water partition coefficient (Wildman–Crippen LogP) is 5.97. The number of ketones is 1. The van der Waals surface area contributed by atoms with Gasteiger partial charge >= 0.3 is 0 Å². The number of halogens is 2. The molecule has 2 N–H and O–H groups in total. The van der Waals surface area contributed by atoms with Crippen LogP contribution in [0.4, 0.5) is 14.5 Å². The van der Waals surface area contributed by atoms with Crippen molar-refractivity contribution >= 4 is 17.4 Å². The highest BCUT2D eigenvalue weighted by molar-refractivity contribution is 6.10. The molecule has 3 aromatic carbocycles. The number of amides is 1. The molecule has 1 aliphatic carbocycles. The molecule has 0 spiro atoms. The Balaban J connectivity index is 1.55. The third kappa shape index (κ3) is 4.52. The lowest BCUT2D eigenvalue weighted by Crippen LogP contribution is -2.37. The highest BCUT2D eigenvalue weighted by Crippen LogP contribution is 2.45. The van der Waals surface area contributed by atoms with E-state index in [1.807, 2.05) is 30.3 Å². The molecule has 35 heavy (non-hydrogen) atoms. The van der Waals surface area contributed by atoms with Gasteiger partial charge in [0.05, 0.1) is 0 Å². The van der Waals surface area contributed by atoms with Crippen LogP contribution in [0.5, 0.6) is 0 Å². The Morgan fingerprint density at radius 2 is 1.49 bits per heavy atom. The molecule has 6 heteroatoms. The first-order valence-corrected chi connectivity index (χ1v) is 11.5. The first-order chi connectivity index (χ1) is 16.9. The minimum Gasteiger partial charge on any atom is -0.362 e. The fraction of sp³-hybridized carbons (Fsp3) is 0.172. The van der Waals surface area contributed by atoms with Gasteiger partial charge in [-0.05, 0) is 66.8 Å². The number of anilines is 1. The van der Waals surface area contributed by atoms with Gasteiger partial charge in [-0.15, -0.1) is 0 Å². The second kappa shape index (κ2) is 9.29. The molecule has 5 rings (SSSR count). The van der Waals surface area contributed by atoms with Crippen molar-refractivity contribution in [2.45, 2.75) is 31.6 Å². The summed E-state index contributed by atoms with van der Waals surface area (Å²) in [6, 6.07) is 21.3. The van der Waals surface area contributed by atoms with Gasteiger partial charge in [0.1, 0.15) is 11.6 Å². The molecule has 0 radical (unpaired) electrons. The summed E-state index contributed by atoms with van der Waals surface area (Å²) in [5.74, 6) is -1.85. The van der Waals surface area contributed by atoms with E-state index in [1.54, 1.807) is 19.1 Å². The quantitative estimate of drug-likeness (QED) is 0.494. The molecule has 0 saturated carbocycles. The summed E-state index contributed by atoms with van der Waals surface area (Å²) in [5, 5.41) is 6.14. The van der Waals surface area contributed by atoms with Crippen molar-refractivity contribution in [1.82, 2.24) is 5.32 Å². The van der Waals surface area contributed by atoms with Crippen molar-refractivity contribution < 1.29 is 18.4 Å². The van der Waals surface area contributed by atoms with Gasteiger partial charge in [0.15, 0.2) is 5.78 Å². The molecule has 0 unspecified atom stereocenters. The lowest BCUT2D eigenvalue weighted by Gasteiger charge is -2.37. The molecule has 0 fully saturated rings. The van der Waals surface area contributed by atoms with Gasteiger partial charge in [-0.3, -0.25) is 9.59 Å². The van der Waals surface area contributed by atoms with Crippen LogP contribution in [0.1, 0.15) is 42.7 Å². The second-order valence-corrected chi connectivity index (χ2v) is 8.94. The summed E-state index contributed by atoms with van der Waals surface area (Å²) < 4.78 is 27.1. The van der Waals surface area contributed by atoms with Crippen LogP contribution in [0.15, 0.2) is 101 Å². The van der Waals surface area contributed by atoms with Crippen LogP contribution in [0.3, 0.4) is 0 Å². The average molecular weight is 471 g/mol. The fourth-order valence-corrected chi connectivity index (χ4v) is 5.02. The Labute approximate surface area is 202 Å². The molecule has 0 aromatic heterocycles. The number of carbonyl (C=O) groups excluding carboxylic acids is 2. The Bertz CT molecular complexity index is 1340. The predicted molar refractivity (Wildman–Crippen MR) is 130 cm³/mol. The summed E-state index contributed by atoms with van der Waals surface area (Å²) in [6.07, 6.45) is 0.959. The molecule has 1 aliphatic heterocycles. The van der Waals surface area contributed by atoms with Crippen LogP contribution in [-0.2, 0) is 9.59 Å². The van der Waals surface area contributed by atoms with E-state index in [0.29, 0.717) is 40.9 Å². The van der Waals surface area contributed by atoms with Gasteiger partial charge in [0.25, 0.3) is 5.91 Å². The van der Waals surface area contributed by atoms with E-state index in [4.69, 9.17) is 0 Å². The van der Waals surface area contributed by atoms with Gasteiger partial charge in [0.2, 0.25) is 0 Å². The van der Waals surface area contributed by atoms with Crippen molar-refractivity contribution in [3.63, 3.8) is 0 Å². The molecule has 4 nitrogen and oxygen atoms in total. The van der Waals surface area contributed by atoms with E-state index in [1.165, 1.54) is 36.4 Å².